The molecule has 0 unspecified atom stereocenters. The third kappa shape index (κ3) is 4.68. The highest BCUT2D eigenvalue weighted by Gasteiger charge is 2.05. The van der Waals surface area contributed by atoms with Gasteiger partial charge in [0.1, 0.15) is 0 Å². The second-order valence-corrected chi connectivity index (χ2v) is 2.46. The third-order valence-electron chi connectivity index (χ3n) is 0.932. The average molecular weight is 170 g/mol. The maximum Gasteiger partial charge on any atom is 0.257 e. The zero-order chi connectivity index (χ0) is 7.98. The molecular formula is C4H10O5S. The molecule has 0 saturated carbocycles. The van der Waals surface area contributed by atoms with Gasteiger partial charge in [0.2, 0.25) is 0 Å². The van der Waals surface area contributed by atoms with Gasteiger partial charge in [-0.15, -0.1) is 0 Å². The molecule has 0 aromatic rings. The summed E-state index contributed by atoms with van der Waals surface area (Å²) in [5.74, 6) is -0.507. The van der Waals surface area contributed by atoms with Crippen LogP contribution in [0.2, 0.25) is 0 Å². The highest BCUT2D eigenvalue weighted by atomic mass is 32.2. The molecule has 0 rings (SSSR count). The van der Waals surface area contributed by atoms with Crippen LogP contribution in [0.5, 0.6) is 0 Å². The summed E-state index contributed by atoms with van der Waals surface area (Å²) in [6, 6.07) is 0. The van der Waals surface area contributed by atoms with Crippen molar-refractivity contribution in [3.63, 3.8) is 0 Å². The molecule has 0 amide bonds. The molecule has 0 saturated heterocycles. The number of aliphatic hydroxyl groups excluding tert-OH is 2. The summed E-state index contributed by atoms with van der Waals surface area (Å²) < 4.78 is 23.7. The van der Waals surface area contributed by atoms with Gasteiger partial charge < -0.3 is 10.2 Å². The van der Waals surface area contributed by atoms with Crippen molar-refractivity contribution in [1.82, 2.24) is 0 Å². The summed E-state index contributed by atoms with van der Waals surface area (Å²) in [4.78, 5) is 0. The van der Waals surface area contributed by atoms with Gasteiger partial charge in [0, 0.05) is 5.92 Å². The van der Waals surface area contributed by atoms with E-state index >= 15 is 0 Å². The van der Waals surface area contributed by atoms with E-state index in [2.05, 4.69) is 4.18 Å². The van der Waals surface area contributed by atoms with Crippen molar-refractivity contribution in [2.45, 2.75) is 0 Å². The first-order valence-corrected chi connectivity index (χ1v) is 3.79. The smallest absolute Gasteiger partial charge is 0.257 e. The molecule has 0 aliphatic heterocycles. The summed E-state index contributed by atoms with van der Waals surface area (Å²) in [6.07, 6.45) is 0. The van der Waals surface area contributed by atoms with E-state index in [4.69, 9.17) is 10.2 Å². The van der Waals surface area contributed by atoms with Gasteiger partial charge in [-0.2, -0.15) is 0 Å². The van der Waals surface area contributed by atoms with E-state index in [0.717, 1.165) is 0 Å². The van der Waals surface area contributed by atoms with Gasteiger partial charge in [0.15, 0.2) is 0 Å². The summed E-state index contributed by atoms with van der Waals surface area (Å²) in [5, 5.41) is 16.8. The Balaban J connectivity index is 3.44. The molecule has 0 heterocycles. The average Bonchev–Trinajstić information content (AvgIpc) is 1.90. The van der Waals surface area contributed by atoms with E-state index < -0.39 is 16.9 Å². The van der Waals surface area contributed by atoms with Crippen molar-refractivity contribution in [2.24, 2.45) is 5.92 Å². The summed E-state index contributed by atoms with van der Waals surface area (Å²) in [7, 11) is -2.87. The van der Waals surface area contributed by atoms with Crippen LogP contribution >= 0.6 is 0 Å². The SMILES string of the molecule is O=[SH](=O)OCC(CO)CO. The molecule has 2 N–H and O–H groups in total. The Morgan fingerprint density at radius 3 is 2.10 bits per heavy atom. The molecule has 0 atom stereocenters. The van der Waals surface area contributed by atoms with Crippen molar-refractivity contribution in [3.05, 3.63) is 0 Å². The van der Waals surface area contributed by atoms with Gasteiger partial charge in [-0.1, -0.05) is 0 Å². The van der Waals surface area contributed by atoms with Crippen LogP contribution in [0, 0.1) is 5.92 Å². The molecule has 0 aromatic carbocycles. The second-order valence-electron chi connectivity index (χ2n) is 1.75. The molecule has 10 heavy (non-hydrogen) atoms. The quantitative estimate of drug-likeness (QED) is 0.421. The Morgan fingerprint density at radius 1 is 1.30 bits per heavy atom. The summed E-state index contributed by atoms with van der Waals surface area (Å²) in [6.45, 7) is -0.717. The Labute approximate surface area is 60.4 Å². The highest BCUT2D eigenvalue weighted by molar-refractivity contribution is 7.67. The molecule has 6 heteroatoms. The second kappa shape index (κ2) is 5.60. The fourth-order valence-corrected chi connectivity index (χ4v) is 0.662. The van der Waals surface area contributed by atoms with Gasteiger partial charge >= 0.3 is 0 Å². The molecule has 0 aliphatic carbocycles. The van der Waals surface area contributed by atoms with Crippen LogP contribution in [0.3, 0.4) is 0 Å². The number of aliphatic hydroxyl groups is 2. The van der Waals surface area contributed by atoms with Crippen molar-refractivity contribution < 1.29 is 22.8 Å². The van der Waals surface area contributed by atoms with E-state index in [9.17, 15) is 8.42 Å². The topological polar surface area (TPSA) is 83.8 Å². The van der Waals surface area contributed by atoms with E-state index in [1.54, 1.807) is 0 Å². The van der Waals surface area contributed by atoms with Gasteiger partial charge in [0.05, 0.1) is 19.8 Å². The van der Waals surface area contributed by atoms with Crippen LogP contribution in [0.25, 0.3) is 0 Å². The first-order valence-electron chi connectivity index (χ1n) is 2.69. The van der Waals surface area contributed by atoms with Crippen molar-refractivity contribution in [1.29, 1.82) is 0 Å². The van der Waals surface area contributed by atoms with Crippen LogP contribution in [0.15, 0.2) is 0 Å². The van der Waals surface area contributed by atoms with E-state index in [0.29, 0.717) is 0 Å². The number of hydrogen-bond donors (Lipinski definition) is 3. The fourth-order valence-electron chi connectivity index (χ4n) is 0.329. The molecule has 0 aromatic heterocycles. The van der Waals surface area contributed by atoms with Gasteiger partial charge in [-0.25, -0.2) is 8.42 Å². The Bertz CT molecular complexity index is 131. The lowest BCUT2D eigenvalue weighted by Gasteiger charge is -2.06. The zero-order valence-corrected chi connectivity index (χ0v) is 6.16. The lowest BCUT2D eigenvalue weighted by molar-refractivity contribution is 0.111. The van der Waals surface area contributed by atoms with Crippen molar-refractivity contribution in [3.8, 4) is 0 Å². The molecule has 0 bridgehead atoms. The maximum atomic E-state index is 9.79. The Hall–Kier alpha value is -0.170. The first-order chi connectivity index (χ1) is 4.70. The van der Waals surface area contributed by atoms with E-state index in [1.165, 1.54) is 0 Å². The van der Waals surface area contributed by atoms with Crippen LogP contribution in [0.1, 0.15) is 0 Å². The normalized spacial score (nSPS) is 11.2. The molecule has 0 spiro atoms. The molecule has 62 valence electrons. The van der Waals surface area contributed by atoms with Gasteiger partial charge in [0.25, 0.3) is 11.0 Å². The molecule has 0 radical (unpaired) electrons. The predicted octanol–water partition coefficient (Wildman–Crippen LogP) is -1.87. The fraction of sp³-hybridized carbons (Fsp3) is 1.00. The number of thiol groups is 1. The number of rotatable bonds is 5. The highest BCUT2D eigenvalue weighted by Crippen LogP contribution is 1.93. The van der Waals surface area contributed by atoms with E-state index in [-0.39, 0.29) is 19.8 Å². The minimum absolute atomic E-state index is 0.161. The predicted molar refractivity (Wildman–Crippen MR) is 33.9 cm³/mol. The van der Waals surface area contributed by atoms with Crippen LogP contribution in [-0.2, 0) is 15.2 Å². The molecular weight excluding hydrogens is 160 g/mol. The van der Waals surface area contributed by atoms with E-state index in [1.807, 2.05) is 0 Å². The van der Waals surface area contributed by atoms with Gasteiger partial charge in [-0.05, 0) is 0 Å². The monoisotopic (exact) mass is 170 g/mol. The maximum absolute atomic E-state index is 9.79. The van der Waals surface area contributed by atoms with Crippen LogP contribution in [-0.4, -0.2) is 38.5 Å². The lowest BCUT2D eigenvalue weighted by Crippen LogP contribution is -2.17. The van der Waals surface area contributed by atoms with Crippen molar-refractivity contribution >= 4 is 11.0 Å². The van der Waals surface area contributed by atoms with Crippen LogP contribution < -0.4 is 0 Å². The summed E-state index contributed by atoms with van der Waals surface area (Å²) in [5.41, 5.74) is 0. The van der Waals surface area contributed by atoms with Crippen LogP contribution in [0.4, 0.5) is 0 Å². The Morgan fingerprint density at radius 2 is 1.80 bits per heavy atom. The molecule has 0 fully saturated rings. The van der Waals surface area contributed by atoms with Gasteiger partial charge in [-0.3, -0.25) is 4.18 Å². The largest absolute Gasteiger partial charge is 0.396 e. The standard InChI is InChI=1S/C4H10O5S/c5-1-4(2-6)3-9-10(7)8/h4-6,10H,1-3H2. The molecule has 5 nitrogen and oxygen atoms in total. The minimum Gasteiger partial charge on any atom is -0.396 e. The summed E-state index contributed by atoms with van der Waals surface area (Å²) >= 11 is 0. The molecule has 0 aliphatic rings. The first kappa shape index (κ1) is 9.83. The third-order valence-corrected chi connectivity index (χ3v) is 1.29. The van der Waals surface area contributed by atoms with Crippen molar-refractivity contribution in [2.75, 3.05) is 19.8 Å². The number of hydrogen-bond acceptors (Lipinski definition) is 5. The zero-order valence-electron chi connectivity index (χ0n) is 5.27. The lowest BCUT2D eigenvalue weighted by atomic mass is 10.2. The Kier molecular flexibility index (Phi) is 5.51. The minimum atomic E-state index is -2.87.